The molecule has 4 heterocycles. The number of nitrogens with zero attached hydrogens (tertiary/aromatic N) is 1. The van der Waals surface area contributed by atoms with Gasteiger partial charge in [0.15, 0.2) is 0 Å². The number of primary amides is 1. The number of ether oxygens (including phenoxy) is 9. The molecule has 25 N–H and O–H groups in total. The maximum absolute atomic E-state index is 15.3. The summed E-state index contributed by atoms with van der Waals surface area (Å²) in [7, 11) is 1.44. The van der Waals surface area contributed by atoms with Crippen LogP contribution < -0.4 is 91.2 Å². The number of aromatic amines is 3. The smallest absolute Gasteiger partial charge is 0.305 e. The minimum atomic E-state index is -1.94. The number of benzene rings is 2. The van der Waals surface area contributed by atoms with Gasteiger partial charge < -0.3 is 164 Å². The molecule has 0 spiro atoms. The molecule has 5 aromatic rings. The molecule has 2 aromatic carbocycles. The lowest BCUT2D eigenvalue weighted by Crippen LogP contribution is -2.61. The minimum Gasteiger partial charge on any atom is -0.481 e. The summed E-state index contributed by atoms with van der Waals surface area (Å²) in [5.41, 5.74) is 13.2. The van der Waals surface area contributed by atoms with Crippen molar-refractivity contribution in [3.8, 4) is 0 Å². The van der Waals surface area contributed by atoms with Crippen LogP contribution in [-0.4, -0.2) is 388 Å². The van der Waals surface area contributed by atoms with Crippen molar-refractivity contribution in [3.05, 3.63) is 90.3 Å². The summed E-state index contributed by atoms with van der Waals surface area (Å²) < 4.78 is 49.2. The van der Waals surface area contributed by atoms with Crippen LogP contribution in [0.5, 0.6) is 0 Å². The van der Waals surface area contributed by atoms with Gasteiger partial charge in [-0.3, -0.25) is 91.1 Å². The molecule has 16 amide bonds. The van der Waals surface area contributed by atoms with E-state index in [2.05, 4.69) is 99.7 Å². The van der Waals surface area contributed by atoms with Gasteiger partial charge >= 0.3 is 11.9 Å². The highest BCUT2D eigenvalue weighted by Gasteiger charge is 2.40. The number of aliphatic carboxylic acids is 2. The average Bonchev–Trinajstić information content (AvgIpc) is 1.70. The number of rotatable bonds is 56. The zero-order valence-electron chi connectivity index (χ0n) is 83.5. The van der Waals surface area contributed by atoms with Crippen LogP contribution in [0.15, 0.2) is 73.4 Å². The van der Waals surface area contributed by atoms with E-state index in [0.717, 1.165) is 17.7 Å². The van der Waals surface area contributed by atoms with Crippen molar-refractivity contribution in [2.24, 2.45) is 23.3 Å². The summed E-state index contributed by atoms with van der Waals surface area (Å²) in [5.74, 6) is -22.8. The molecular formula is C93H139N21O31S3. The normalized spacial score (nSPS) is 19.9. The van der Waals surface area contributed by atoms with Gasteiger partial charge in [0.2, 0.25) is 99.6 Å². The first kappa shape index (κ1) is 124. The van der Waals surface area contributed by atoms with Gasteiger partial charge in [-0.2, -0.15) is 0 Å². The molecular weight excluding hydrogens is 2000 g/mol. The summed E-state index contributed by atoms with van der Waals surface area (Å²) in [6.07, 6.45) is -0.316. The van der Waals surface area contributed by atoms with Crippen LogP contribution >= 0.6 is 33.3 Å². The molecule has 1 fully saturated rings. The second-order valence-electron chi connectivity index (χ2n) is 34.5. The van der Waals surface area contributed by atoms with Crippen molar-refractivity contribution in [1.29, 1.82) is 0 Å². The number of aromatic nitrogens is 4. The number of nitrogens with two attached hydrogens (primary N) is 2. The fraction of sp³-hybridized carbons (Fsp3) is 0.591. The van der Waals surface area contributed by atoms with Crippen LogP contribution in [0.2, 0.25) is 0 Å². The van der Waals surface area contributed by atoms with Gasteiger partial charge in [0.05, 0.1) is 149 Å². The van der Waals surface area contributed by atoms with E-state index in [9.17, 15) is 82.4 Å². The number of aliphatic hydroxyl groups excluding tert-OH is 1. The third kappa shape index (κ3) is 48.2. The highest BCUT2D eigenvalue weighted by atomic mass is 33.1. The third-order valence-electron chi connectivity index (χ3n) is 21.7. The highest BCUT2D eigenvalue weighted by molar-refractivity contribution is 8.76. The van der Waals surface area contributed by atoms with Crippen molar-refractivity contribution < 1.29 is 149 Å². The van der Waals surface area contributed by atoms with Gasteiger partial charge in [0.1, 0.15) is 79.1 Å². The Bertz CT molecular complexity index is 5110. The summed E-state index contributed by atoms with van der Waals surface area (Å²) >= 11 is 0.528. The number of imidazole rings is 1. The molecule has 52 nitrogen and oxygen atoms in total. The van der Waals surface area contributed by atoms with Crippen LogP contribution in [0.1, 0.15) is 97.4 Å². The number of carboxylic acids is 2. The molecule has 1 aliphatic rings. The largest absolute Gasteiger partial charge is 0.481 e. The van der Waals surface area contributed by atoms with Gasteiger partial charge in [0, 0.05) is 111 Å². The van der Waals surface area contributed by atoms with Crippen LogP contribution in [0, 0.1) is 11.8 Å². The number of para-hydroxylation sites is 2. The molecule has 1 aliphatic heterocycles. The Hall–Kier alpha value is -12.5. The standard InChI is InChI=1S/C93H139N21O31S3/c1-53(2)38-66-90(133)113-80(54(3)4)93(136)109-68(40-59-44-99-64-15-11-9-13-62(59)64)87(130)112-73(92(135)114-81(56(6)115)82(95)125)50-148-147-49-72(111-89(132)70(42-78(122)123)105-74(117)18-21-137-24-26-139-28-30-141-32-34-143-36-37-144-35-33-142-31-29-140-27-25-138-23-20-97-57(7)116)91(134)103-55(5)83(126)106-67(39-58-43-98-63-14-10-8-12-61(58)63)86(129)108-69(41-60-45-96-52-102-60)88(131)110-71(46-100-76(119)51-146-79(124)48-145-22-19-94)84(127)101-47-75(118)104-65(85(128)107-66)16-17-77(120)121/h8-15,43-45,52-56,65-73,80-81,98-99,115H,16-42,46-51,94H2,1-7H3,(H2,95,125)(H,96,102)(H,97,116)(H,100,119)(H,101,127)(H,103,134)(H,104,118)(H,105,117)(H,106,126)(H,107,128)(H,108,129)(H,109,136)(H,110,131)(H,111,132)(H,112,130)(H,113,133)(H,114,135)(H,120,121)(H,122,123)/t55-,56?,65-,66-,67-,68-,69-,70-,71-,72-,73-,80?,81?/m0/s1. The molecule has 13 atom stereocenters. The summed E-state index contributed by atoms with van der Waals surface area (Å²) in [4.78, 5) is 280. The molecule has 3 unspecified atom stereocenters. The number of nitrogens with one attached hydrogen (secondary N) is 18. The van der Waals surface area contributed by atoms with E-state index in [4.69, 9.17) is 54.1 Å². The van der Waals surface area contributed by atoms with E-state index in [1.807, 2.05) is 0 Å². The molecule has 820 valence electrons. The van der Waals surface area contributed by atoms with Crippen molar-refractivity contribution in [1.82, 2.24) is 99.7 Å². The second kappa shape index (κ2) is 68.9. The van der Waals surface area contributed by atoms with Crippen LogP contribution in [0.3, 0.4) is 0 Å². The fourth-order valence-electron chi connectivity index (χ4n) is 14.1. The van der Waals surface area contributed by atoms with Crippen molar-refractivity contribution >= 4 is 167 Å². The second-order valence-corrected chi connectivity index (χ2v) is 38.1. The fourth-order valence-corrected chi connectivity index (χ4v) is 17.0. The lowest BCUT2D eigenvalue weighted by atomic mass is 9.98. The lowest BCUT2D eigenvalue weighted by molar-refractivity contribution is -0.141. The third-order valence-corrected chi connectivity index (χ3v) is 25.0. The molecule has 0 radical (unpaired) electrons. The minimum absolute atomic E-state index is 0.0190. The van der Waals surface area contributed by atoms with Crippen molar-refractivity contribution in [2.75, 3.05) is 162 Å². The van der Waals surface area contributed by atoms with E-state index in [1.165, 1.54) is 46.4 Å². The number of thioether (sulfide) groups is 1. The Morgan fingerprint density at radius 3 is 1.55 bits per heavy atom. The first-order valence-electron chi connectivity index (χ1n) is 48.0. The molecule has 6 rings (SSSR count). The monoisotopic (exact) mass is 2140 g/mol. The molecule has 0 aliphatic carbocycles. The van der Waals surface area contributed by atoms with Gasteiger partial charge in [-0.1, -0.05) is 97.4 Å². The topological polar surface area (TPSA) is 761 Å². The average molecular weight is 2140 g/mol. The first-order chi connectivity index (χ1) is 70.8. The predicted octanol–water partition coefficient (Wildman–Crippen LogP) is -5.33. The Balaban J connectivity index is 1.32. The van der Waals surface area contributed by atoms with E-state index in [0.29, 0.717) is 121 Å². The summed E-state index contributed by atoms with van der Waals surface area (Å²) in [6, 6.07) is -7.62. The number of H-pyrrole nitrogens is 3. The molecule has 0 bridgehead atoms. The summed E-state index contributed by atoms with van der Waals surface area (Å²) in [5, 5.41) is 68.9. The molecule has 55 heteroatoms. The Morgan fingerprint density at radius 2 is 1.03 bits per heavy atom. The maximum atomic E-state index is 15.3. The Labute approximate surface area is 865 Å². The number of hydrogen-bond donors (Lipinski definition) is 23. The predicted molar refractivity (Wildman–Crippen MR) is 538 cm³/mol. The summed E-state index contributed by atoms with van der Waals surface area (Å²) in [6.45, 7) is 12.3. The van der Waals surface area contributed by atoms with Crippen LogP contribution in [0.4, 0.5) is 0 Å². The number of fused-ring (bicyclic) bond motifs is 2. The quantitative estimate of drug-likeness (QED) is 0.0128. The van der Waals surface area contributed by atoms with E-state index < -0.39 is 265 Å². The molecule has 3 aromatic heterocycles. The van der Waals surface area contributed by atoms with E-state index in [-0.39, 0.29) is 90.3 Å². The molecule has 148 heavy (non-hydrogen) atoms. The van der Waals surface area contributed by atoms with Crippen LogP contribution in [0.25, 0.3) is 21.8 Å². The first-order valence-corrected chi connectivity index (χ1v) is 51.5. The van der Waals surface area contributed by atoms with Crippen LogP contribution in [-0.2, 0) is 153 Å². The Kier molecular flexibility index (Phi) is 57.8. The zero-order valence-corrected chi connectivity index (χ0v) is 86.0. The highest BCUT2D eigenvalue weighted by Crippen LogP contribution is 2.26. The molecule has 1 saturated heterocycles. The SMILES string of the molecule is CC(=O)NCCOCCOCCOCCOCCOCCOCCOCCOCCC(=O)N[C@@H](CC(=O)O)C(=O)N[C@H]1CSSC[C@@H](C(=O)NC(C(N)=O)C(C)O)NC(=O)[C@H](Cc2c[nH]c3ccccc23)NC(=O)C(C(C)C)NC(=O)[C@H](CC(C)C)NC(=O)[C@H](CCC(=O)O)NC(=O)CNC(=O)[C@H](CNC(=O)CSC(=O)COCCN)NC(=O)[C@H](Cc2c[nH]cn2)NC(=O)[C@H](Cc2c[nH]c3ccccc23)NC(=O)[C@H](C)NC1=O. The van der Waals surface area contributed by atoms with Gasteiger partial charge in [-0.25, -0.2) is 4.98 Å². The van der Waals surface area contributed by atoms with Gasteiger partial charge in [-0.05, 0) is 61.8 Å². The van der Waals surface area contributed by atoms with E-state index >= 15 is 24.0 Å². The number of carbonyl (C=O) groups is 19. The number of carboxylic acid groups (broad SMARTS) is 2. The van der Waals surface area contributed by atoms with Crippen molar-refractivity contribution in [2.45, 2.75) is 178 Å². The van der Waals surface area contributed by atoms with Gasteiger partial charge in [0.25, 0.3) is 0 Å². The number of aliphatic hydroxyl groups is 1. The molecule has 0 saturated carbocycles. The number of amides is 16. The van der Waals surface area contributed by atoms with E-state index in [1.54, 1.807) is 68.6 Å². The lowest BCUT2D eigenvalue weighted by Gasteiger charge is -2.29. The van der Waals surface area contributed by atoms with Gasteiger partial charge in [-0.15, -0.1) is 0 Å². The maximum Gasteiger partial charge on any atom is 0.305 e. The number of hydrogen-bond acceptors (Lipinski definition) is 34. The Morgan fingerprint density at radius 1 is 0.520 bits per heavy atom. The number of carbonyl (C=O) groups excluding carboxylic acids is 17. The van der Waals surface area contributed by atoms with Crippen molar-refractivity contribution in [3.63, 3.8) is 0 Å². The zero-order chi connectivity index (χ0) is 108.